The van der Waals surface area contributed by atoms with Crippen molar-refractivity contribution >= 4 is 5.69 Å². The molecule has 1 unspecified atom stereocenters. The van der Waals surface area contributed by atoms with Gasteiger partial charge in [-0.05, 0) is 36.3 Å². The first kappa shape index (κ1) is 25.8. The van der Waals surface area contributed by atoms with Gasteiger partial charge in [0.1, 0.15) is 42.5 Å². The van der Waals surface area contributed by atoms with Gasteiger partial charge in [0, 0.05) is 30.8 Å². The molecule has 5 rings (SSSR count). The maximum atomic E-state index is 11.1. The molecular weight excluding hydrogens is 496 g/mol. The average Bonchev–Trinajstić information content (AvgIpc) is 3.45. The van der Waals surface area contributed by atoms with Crippen LogP contribution in [-0.4, -0.2) is 16.5 Å². The van der Waals surface area contributed by atoms with Crippen LogP contribution in [0.25, 0.3) is 0 Å². The topological polar surface area (TPSA) is 83.3 Å². The summed E-state index contributed by atoms with van der Waals surface area (Å²) in [7, 11) is 0. The van der Waals surface area contributed by atoms with E-state index in [4.69, 9.17) is 19.0 Å². The van der Waals surface area contributed by atoms with Crippen LogP contribution in [0.3, 0.4) is 0 Å². The Hall–Kier alpha value is -4.82. The zero-order valence-corrected chi connectivity index (χ0v) is 21.4. The molecule has 4 aromatic carbocycles. The number of rotatable bonds is 11. The van der Waals surface area contributed by atoms with E-state index in [0.29, 0.717) is 42.8 Å². The van der Waals surface area contributed by atoms with Gasteiger partial charge in [0.2, 0.25) is 0 Å². The molecule has 0 amide bonds. The second-order valence-electron chi connectivity index (χ2n) is 8.85. The summed E-state index contributed by atoms with van der Waals surface area (Å²) in [5.74, 6) is 2.09. The molecule has 0 fully saturated rings. The van der Waals surface area contributed by atoms with Crippen molar-refractivity contribution in [2.75, 3.05) is 6.54 Å². The monoisotopic (exact) mass is 524 g/mol. The Balaban J connectivity index is 1.54. The van der Waals surface area contributed by atoms with Gasteiger partial charge in [-0.25, -0.2) is 0 Å². The number of nitro groups is 1. The summed E-state index contributed by atoms with van der Waals surface area (Å²) in [5, 5.41) is 13.0. The molecule has 0 N–H and O–H groups in total. The number of non-ortho nitro benzene ring substituents is 1. The third-order valence-electron chi connectivity index (χ3n) is 6.21. The molecule has 1 aliphatic rings. The minimum atomic E-state index is -0.442. The lowest BCUT2D eigenvalue weighted by Gasteiger charge is -2.26. The SMILES string of the molecule is CCN1OC=CC1c1c(OCc2ccccc2)cc(OCc2ccccc2)cc1Oc1ccc([N+](=O)[O-])cc1. The summed E-state index contributed by atoms with van der Waals surface area (Å²) in [6.45, 7) is 3.33. The minimum Gasteiger partial charge on any atom is -0.489 e. The van der Waals surface area contributed by atoms with Crippen molar-refractivity contribution in [3.8, 4) is 23.0 Å². The number of hydrogen-bond acceptors (Lipinski definition) is 7. The molecule has 1 heterocycles. The summed E-state index contributed by atoms with van der Waals surface area (Å²) < 4.78 is 18.9. The Morgan fingerprint density at radius 1 is 0.821 bits per heavy atom. The number of nitro benzene ring substituents is 1. The highest BCUT2D eigenvalue weighted by Crippen LogP contribution is 2.45. The van der Waals surface area contributed by atoms with Gasteiger partial charge in [0.25, 0.3) is 5.69 Å². The van der Waals surface area contributed by atoms with Crippen LogP contribution >= 0.6 is 0 Å². The highest BCUT2D eigenvalue weighted by molar-refractivity contribution is 5.55. The van der Waals surface area contributed by atoms with Crippen molar-refractivity contribution in [1.29, 1.82) is 0 Å². The van der Waals surface area contributed by atoms with E-state index in [-0.39, 0.29) is 11.7 Å². The fraction of sp³-hybridized carbons (Fsp3) is 0.161. The van der Waals surface area contributed by atoms with Crippen molar-refractivity contribution < 1.29 is 24.0 Å². The first-order valence-electron chi connectivity index (χ1n) is 12.6. The van der Waals surface area contributed by atoms with Gasteiger partial charge in [0.15, 0.2) is 0 Å². The zero-order chi connectivity index (χ0) is 27.0. The van der Waals surface area contributed by atoms with E-state index in [1.807, 2.05) is 90.9 Å². The maximum absolute atomic E-state index is 11.1. The number of hydroxylamine groups is 2. The second-order valence-corrected chi connectivity index (χ2v) is 8.85. The third-order valence-corrected chi connectivity index (χ3v) is 6.21. The molecule has 0 aliphatic carbocycles. The average molecular weight is 525 g/mol. The van der Waals surface area contributed by atoms with E-state index in [1.54, 1.807) is 18.4 Å². The molecule has 0 saturated heterocycles. The third kappa shape index (κ3) is 6.37. The molecule has 0 aromatic heterocycles. The molecule has 198 valence electrons. The van der Waals surface area contributed by atoms with Crippen LogP contribution in [-0.2, 0) is 18.1 Å². The normalized spacial score (nSPS) is 14.5. The smallest absolute Gasteiger partial charge is 0.269 e. The van der Waals surface area contributed by atoms with Gasteiger partial charge in [-0.15, -0.1) is 5.06 Å². The van der Waals surface area contributed by atoms with Gasteiger partial charge < -0.3 is 19.0 Å². The van der Waals surface area contributed by atoms with Crippen LogP contribution in [0, 0.1) is 10.1 Å². The summed E-state index contributed by atoms with van der Waals surface area (Å²) in [5.41, 5.74) is 2.78. The van der Waals surface area contributed by atoms with Crippen molar-refractivity contribution in [3.63, 3.8) is 0 Å². The highest BCUT2D eigenvalue weighted by atomic mass is 16.7. The van der Waals surface area contributed by atoms with Crippen LogP contribution in [0.5, 0.6) is 23.0 Å². The molecular formula is C31H28N2O6. The van der Waals surface area contributed by atoms with E-state index in [2.05, 4.69) is 0 Å². The van der Waals surface area contributed by atoms with Gasteiger partial charge in [-0.1, -0.05) is 60.7 Å². The summed E-state index contributed by atoms with van der Waals surface area (Å²) in [6.07, 6.45) is 3.58. The fourth-order valence-corrected chi connectivity index (χ4v) is 4.26. The van der Waals surface area contributed by atoms with E-state index in [1.165, 1.54) is 12.1 Å². The predicted octanol–water partition coefficient (Wildman–Crippen LogP) is 7.37. The molecule has 1 aliphatic heterocycles. The van der Waals surface area contributed by atoms with Crippen LogP contribution in [0.1, 0.15) is 29.7 Å². The number of hydrogen-bond donors (Lipinski definition) is 0. The van der Waals surface area contributed by atoms with E-state index < -0.39 is 4.92 Å². The Morgan fingerprint density at radius 2 is 1.44 bits per heavy atom. The van der Waals surface area contributed by atoms with Gasteiger partial charge in [0.05, 0.1) is 16.5 Å². The lowest BCUT2D eigenvalue weighted by Crippen LogP contribution is -2.23. The predicted molar refractivity (Wildman–Crippen MR) is 147 cm³/mol. The lowest BCUT2D eigenvalue weighted by atomic mass is 10.0. The van der Waals surface area contributed by atoms with E-state index in [0.717, 1.165) is 16.7 Å². The highest BCUT2D eigenvalue weighted by Gasteiger charge is 2.30. The zero-order valence-electron chi connectivity index (χ0n) is 21.4. The van der Waals surface area contributed by atoms with Gasteiger partial charge in [-0.3, -0.25) is 10.1 Å². The van der Waals surface area contributed by atoms with Gasteiger partial charge in [-0.2, -0.15) is 0 Å². The number of nitrogens with zero attached hydrogens (tertiary/aromatic N) is 2. The van der Waals surface area contributed by atoms with Crippen molar-refractivity contribution in [2.45, 2.75) is 26.2 Å². The quantitative estimate of drug-likeness (QED) is 0.150. The fourth-order valence-electron chi connectivity index (χ4n) is 4.26. The van der Waals surface area contributed by atoms with Crippen LogP contribution in [0.15, 0.2) is 109 Å². The number of ether oxygens (including phenoxy) is 3. The summed E-state index contributed by atoms with van der Waals surface area (Å²) in [6, 6.07) is 29.1. The summed E-state index contributed by atoms with van der Waals surface area (Å²) >= 11 is 0. The Kier molecular flexibility index (Phi) is 8.04. The van der Waals surface area contributed by atoms with Crippen LogP contribution < -0.4 is 14.2 Å². The van der Waals surface area contributed by atoms with Crippen molar-refractivity contribution in [2.24, 2.45) is 0 Å². The Labute approximate surface area is 226 Å². The first-order valence-corrected chi connectivity index (χ1v) is 12.6. The number of benzene rings is 4. The Morgan fingerprint density at radius 3 is 2.05 bits per heavy atom. The standard InChI is InChI=1S/C31H28N2O6/c1-2-32-28(17-18-38-32)31-29(37-22-24-11-7-4-8-12-24)19-27(36-21-23-9-5-3-6-10-23)20-30(31)39-26-15-13-25(14-16-26)33(34)35/h3-20,28H,2,21-22H2,1H3. The van der Waals surface area contributed by atoms with Crippen LogP contribution in [0.4, 0.5) is 5.69 Å². The molecule has 4 aromatic rings. The van der Waals surface area contributed by atoms with E-state index >= 15 is 0 Å². The minimum absolute atomic E-state index is 0.0151. The molecule has 0 bridgehead atoms. The Bertz CT molecular complexity index is 1430. The van der Waals surface area contributed by atoms with E-state index in [9.17, 15) is 10.1 Å². The summed E-state index contributed by atoms with van der Waals surface area (Å²) in [4.78, 5) is 16.4. The maximum Gasteiger partial charge on any atom is 0.269 e. The van der Waals surface area contributed by atoms with Crippen molar-refractivity contribution in [1.82, 2.24) is 5.06 Å². The molecule has 8 nitrogen and oxygen atoms in total. The lowest BCUT2D eigenvalue weighted by molar-refractivity contribution is -0.384. The first-order chi connectivity index (χ1) is 19.1. The van der Waals surface area contributed by atoms with Gasteiger partial charge >= 0.3 is 0 Å². The molecule has 0 radical (unpaired) electrons. The molecule has 8 heteroatoms. The molecule has 0 spiro atoms. The molecule has 39 heavy (non-hydrogen) atoms. The largest absolute Gasteiger partial charge is 0.489 e. The molecule has 1 atom stereocenters. The van der Waals surface area contributed by atoms with Crippen molar-refractivity contribution in [3.05, 3.63) is 136 Å². The molecule has 0 saturated carbocycles. The van der Waals surface area contributed by atoms with Crippen LogP contribution in [0.2, 0.25) is 0 Å². The number of likely N-dealkylation sites (N-methyl/N-ethyl adjacent to an activating group) is 1. The second kappa shape index (κ2) is 12.1.